The summed E-state index contributed by atoms with van der Waals surface area (Å²) in [5.74, 6) is 0.523. The zero-order valence-electron chi connectivity index (χ0n) is 18.2. The minimum absolute atomic E-state index is 0.00324. The van der Waals surface area contributed by atoms with Crippen LogP contribution in [-0.4, -0.2) is 39.6 Å². The molecule has 8 heteroatoms. The number of rotatable bonds is 8. The number of carbonyl (C=O) groups excluding carboxylic acids is 1. The van der Waals surface area contributed by atoms with Gasteiger partial charge in [-0.2, -0.15) is 0 Å². The van der Waals surface area contributed by atoms with Crippen LogP contribution in [-0.2, 0) is 6.42 Å². The molecule has 168 valence electrons. The third kappa shape index (κ3) is 4.89. The van der Waals surface area contributed by atoms with Gasteiger partial charge in [0, 0.05) is 29.8 Å². The van der Waals surface area contributed by atoms with Crippen LogP contribution in [0.1, 0.15) is 27.2 Å². The SMILES string of the molecule is COc1ccccc1Nc1ccc(C(=O)c2cc(-n3cc(CCO)nn3)ccc2C)c(Cl)c1. The third-order valence-electron chi connectivity index (χ3n) is 5.24. The highest BCUT2D eigenvalue weighted by Gasteiger charge is 2.17. The van der Waals surface area contributed by atoms with Crippen LogP contribution in [0.3, 0.4) is 0 Å². The van der Waals surface area contributed by atoms with E-state index in [2.05, 4.69) is 15.6 Å². The van der Waals surface area contributed by atoms with E-state index in [4.69, 9.17) is 21.4 Å². The van der Waals surface area contributed by atoms with E-state index in [-0.39, 0.29) is 12.4 Å². The minimum Gasteiger partial charge on any atom is -0.495 e. The molecule has 0 aliphatic heterocycles. The number of nitrogens with zero attached hydrogens (tertiary/aromatic N) is 3. The molecule has 7 nitrogen and oxygen atoms in total. The molecule has 0 radical (unpaired) electrons. The van der Waals surface area contributed by atoms with E-state index in [0.717, 1.165) is 16.9 Å². The van der Waals surface area contributed by atoms with Gasteiger partial charge in [-0.05, 0) is 55.0 Å². The number of hydrogen-bond acceptors (Lipinski definition) is 6. The molecule has 0 saturated carbocycles. The van der Waals surface area contributed by atoms with E-state index in [1.54, 1.807) is 36.2 Å². The first kappa shape index (κ1) is 22.5. The molecule has 0 bridgehead atoms. The summed E-state index contributed by atoms with van der Waals surface area (Å²) >= 11 is 6.52. The van der Waals surface area contributed by atoms with E-state index in [9.17, 15) is 4.79 Å². The van der Waals surface area contributed by atoms with Crippen molar-refractivity contribution in [2.75, 3.05) is 19.0 Å². The molecule has 0 fully saturated rings. The number of halogens is 1. The molecule has 1 aromatic heterocycles. The van der Waals surface area contributed by atoms with Gasteiger partial charge >= 0.3 is 0 Å². The normalized spacial score (nSPS) is 10.8. The van der Waals surface area contributed by atoms with Gasteiger partial charge in [0.1, 0.15) is 5.75 Å². The Morgan fingerprint density at radius 1 is 1.12 bits per heavy atom. The molecule has 0 spiro atoms. The summed E-state index contributed by atoms with van der Waals surface area (Å²) in [7, 11) is 1.61. The summed E-state index contributed by atoms with van der Waals surface area (Å²) in [6.45, 7) is 1.87. The summed E-state index contributed by atoms with van der Waals surface area (Å²) in [5.41, 5.74) is 4.67. The largest absolute Gasteiger partial charge is 0.495 e. The predicted molar refractivity (Wildman–Crippen MR) is 128 cm³/mol. The molecule has 0 amide bonds. The third-order valence-corrected chi connectivity index (χ3v) is 5.55. The number of nitrogens with one attached hydrogen (secondary N) is 1. The van der Waals surface area contributed by atoms with Crippen molar-refractivity contribution in [3.63, 3.8) is 0 Å². The lowest BCUT2D eigenvalue weighted by atomic mass is 9.98. The van der Waals surface area contributed by atoms with Crippen LogP contribution in [0.2, 0.25) is 5.02 Å². The van der Waals surface area contributed by atoms with Crippen LogP contribution < -0.4 is 10.1 Å². The van der Waals surface area contributed by atoms with Crippen LogP contribution in [0.25, 0.3) is 5.69 Å². The second kappa shape index (κ2) is 9.85. The molecular formula is C25H23ClN4O3. The number of aliphatic hydroxyl groups is 1. The van der Waals surface area contributed by atoms with E-state index in [1.165, 1.54) is 0 Å². The van der Waals surface area contributed by atoms with Crippen molar-refractivity contribution in [2.45, 2.75) is 13.3 Å². The lowest BCUT2D eigenvalue weighted by Crippen LogP contribution is -2.07. The summed E-state index contributed by atoms with van der Waals surface area (Å²) in [6.07, 6.45) is 2.16. The maximum Gasteiger partial charge on any atom is 0.194 e. The first-order valence-corrected chi connectivity index (χ1v) is 10.8. The fourth-order valence-electron chi connectivity index (χ4n) is 3.48. The number of aryl methyl sites for hydroxylation is 1. The summed E-state index contributed by atoms with van der Waals surface area (Å²) in [4.78, 5) is 13.3. The molecular weight excluding hydrogens is 440 g/mol. The Hall–Kier alpha value is -3.68. The van der Waals surface area contributed by atoms with Crippen molar-refractivity contribution in [2.24, 2.45) is 0 Å². The van der Waals surface area contributed by atoms with Gasteiger partial charge in [-0.1, -0.05) is 35.0 Å². The number of ketones is 1. The highest BCUT2D eigenvalue weighted by molar-refractivity contribution is 6.35. The van der Waals surface area contributed by atoms with Crippen LogP contribution in [0, 0.1) is 6.92 Å². The Bertz CT molecular complexity index is 1300. The summed E-state index contributed by atoms with van der Waals surface area (Å²) in [6, 6.07) is 18.3. The Kier molecular flexibility index (Phi) is 6.72. The number of para-hydroxylation sites is 2. The number of ether oxygens (including phenoxy) is 1. The standard InChI is InChI=1S/C25H23ClN4O3/c1-16-7-9-19(30-15-18(11-12-31)28-29-30)14-21(16)25(32)20-10-8-17(13-22(20)26)27-23-5-3-4-6-24(23)33-2/h3-10,13-15,27,31H,11-12H2,1-2H3. The van der Waals surface area contributed by atoms with Crippen molar-refractivity contribution in [1.82, 2.24) is 15.0 Å². The number of aliphatic hydroxyl groups excluding tert-OH is 1. The van der Waals surface area contributed by atoms with Gasteiger partial charge in [-0.3, -0.25) is 4.79 Å². The molecule has 2 N–H and O–H groups in total. The van der Waals surface area contributed by atoms with Gasteiger partial charge in [0.25, 0.3) is 0 Å². The molecule has 0 aliphatic carbocycles. The highest BCUT2D eigenvalue weighted by Crippen LogP contribution is 2.30. The maximum atomic E-state index is 13.3. The minimum atomic E-state index is -0.182. The van der Waals surface area contributed by atoms with E-state index >= 15 is 0 Å². The highest BCUT2D eigenvalue weighted by atomic mass is 35.5. The average molecular weight is 463 g/mol. The zero-order valence-corrected chi connectivity index (χ0v) is 19.0. The van der Waals surface area contributed by atoms with E-state index in [1.807, 2.05) is 49.4 Å². The van der Waals surface area contributed by atoms with Crippen molar-refractivity contribution in [1.29, 1.82) is 0 Å². The lowest BCUT2D eigenvalue weighted by molar-refractivity contribution is 0.103. The van der Waals surface area contributed by atoms with Crippen LogP contribution >= 0.6 is 11.6 Å². The molecule has 0 aliphatic rings. The Morgan fingerprint density at radius 2 is 1.94 bits per heavy atom. The summed E-state index contributed by atoms with van der Waals surface area (Å²) < 4.78 is 6.96. The first-order valence-electron chi connectivity index (χ1n) is 10.4. The monoisotopic (exact) mass is 462 g/mol. The number of aromatic nitrogens is 3. The lowest BCUT2D eigenvalue weighted by Gasteiger charge is -2.13. The topological polar surface area (TPSA) is 89.3 Å². The maximum absolute atomic E-state index is 13.3. The van der Waals surface area contributed by atoms with Gasteiger partial charge in [-0.25, -0.2) is 4.68 Å². The molecule has 33 heavy (non-hydrogen) atoms. The predicted octanol–water partition coefficient (Wildman–Crippen LogP) is 4.75. The van der Waals surface area contributed by atoms with E-state index < -0.39 is 0 Å². The van der Waals surface area contributed by atoms with Crippen LogP contribution in [0.15, 0.2) is 66.9 Å². The zero-order chi connectivity index (χ0) is 23.4. The fourth-order valence-corrected chi connectivity index (χ4v) is 3.74. The number of hydrogen-bond donors (Lipinski definition) is 2. The number of carbonyl (C=O) groups is 1. The van der Waals surface area contributed by atoms with Gasteiger partial charge in [0.15, 0.2) is 5.78 Å². The average Bonchev–Trinajstić information content (AvgIpc) is 3.28. The Labute approximate surface area is 196 Å². The van der Waals surface area contributed by atoms with Gasteiger partial charge in [0.2, 0.25) is 0 Å². The number of anilines is 2. The molecule has 3 aromatic carbocycles. The quantitative estimate of drug-likeness (QED) is 0.367. The second-order valence-electron chi connectivity index (χ2n) is 7.48. The fraction of sp³-hybridized carbons (Fsp3) is 0.160. The smallest absolute Gasteiger partial charge is 0.194 e. The van der Waals surface area contributed by atoms with Crippen LogP contribution in [0.5, 0.6) is 5.75 Å². The van der Waals surface area contributed by atoms with Crippen molar-refractivity contribution < 1.29 is 14.6 Å². The van der Waals surface area contributed by atoms with E-state index in [0.29, 0.717) is 39.7 Å². The Morgan fingerprint density at radius 3 is 2.70 bits per heavy atom. The molecule has 0 unspecified atom stereocenters. The van der Waals surface area contributed by atoms with Crippen molar-refractivity contribution >= 4 is 28.8 Å². The molecule has 0 saturated heterocycles. The molecule has 0 atom stereocenters. The molecule has 1 heterocycles. The van der Waals surface area contributed by atoms with Crippen LogP contribution in [0.4, 0.5) is 11.4 Å². The summed E-state index contributed by atoms with van der Waals surface area (Å²) in [5, 5.41) is 20.8. The Balaban J connectivity index is 1.61. The van der Waals surface area contributed by atoms with Crippen molar-refractivity contribution in [3.05, 3.63) is 94.3 Å². The van der Waals surface area contributed by atoms with Gasteiger partial charge in [-0.15, -0.1) is 5.10 Å². The van der Waals surface area contributed by atoms with Gasteiger partial charge in [0.05, 0.1) is 35.4 Å². The molecule has 4 rings (SSSR count). The van der Waals surface area contributed by atoms with Gasteiger partial charge < -0.3 is 15.2 Å². The molecule has 4 aromatic rings. The number of benzene rings is 3. The second-order valence-corrected chi connectivity index (χ2v) is 7.88. The van der Waals surface area contributed by atoms with Crippen molar-refractivity contribution in [3.8, 4) is 11.4 Å². The first-order chi connectivity index (χ1) is 16.0. The number of methoxy groups -OCH3 is 1.